The Morgan fingerprint density at radius 3 is 1.97 bits per heavy atom. The van der Waals surface area contributed by atoms with Crippen LogP contribution < -0.4 is 64.2 Å². The number of benzene rings is 1. The molecule has 1 rings (SSSR count). The number of carbonyl (C=O) groups excluding carboxylic acids is 3. The molecule has 11 heteroatoms. The van der Waals surface area contributed by atoms with Crippen LogP contribution in [0.4, 0.5) is 0 Å². The van der Waals surface area contributed by atoms with Crippen molar-refractivity contribution in [2.24, 2.45) is 0 Å². The van der Waals surface area contributed by atoms with E-state index >= 15 is 0 Å². The van der Waals surface area contributed by atoms with Crippen molar-refractivity contribution in [2.75, 3.05) is 0 Å². The first kappa shape index (κ1) is 32.9. The van der Waals surface area contributed by atoms with Gasteiger partial charge in [0.1, 0.15) is 15.9 Å². The van der Waals surface area contributed by atoms with Crippen LogP contribution in [0.5, 0.6) is 0 Å². The molecule has 0 heterocycles. The van der Waals surface area contributed by atoms with E-state index in [1.54, 1.807) is 0 Å². The fraction of sp³-hybridized carbons (Fsp3) is 0.550. The molecule has 0 aromatic heterocycles. The maximum absolute atomic E-state index is 12.2. The summed E-state index contributed by atoms with van der Waals surface area (Å²) in [4.78, 5) is 35.3. The zero-order valence-electron chi connectivity index (χ0n) is 18.4. The molecule has 1 unspecified atom stereocenters. The molecule has 0 bridgehead atoms. The van der Waals surface area contributed by atoms with E-state index in [2.05, 4.69) is 11.7 Å². The number of aromatic carboxylic acids is 1. The summed E-state index contributed by atoms with van der Waals surface area (Å²) in [5.41, 5.74) is -3.17. The summed E-state index contributed by atoms with van der Waals surface area (Å²) in [7, 11) is -5.12. The molecule has 0 spiro atoms. The van der Waals surface area contributed by atoms with E-state index in [0.717, 1.165) is 50.7 Å². The van der Waals surface area contributed by atoms with Crippen LogP contribution in [0.2, 0.25) is 0 Å². The average molecular weight is 472 g/mol. The zero-order valence-corrected chi connectivity index (χ0v) is 23.2. The topological polar surface area (TPSA) is 141 Å². The number of esters is 1. The molecule has 8 nitrogen and oxygen atoms in total. The number of ketones is 1. The fourth-order valence-electron chi connectivity index (χ4n) is 2.79. The van der Waals surface area contributed by atoms with E-state index in [1.807, 2.05) is 0 Å². The van der Waals surface area contributed by atoms with Crippen LogP contribution >= 0.6 is 0 Å². The number of hydrogen-bond acceptors (Lipinski definition) is 8. The SMILES string of the molecule is CCCCCCCCCC(=O)CC(OC(=O)c1ccccc1C(=O)[O-])S(=O)(=O)[O-].[Na+].[Na+]. The number of hydrogen-bond donors (Lipinski definition) is 0. The number of rotatable bonds is 14. The predicted molar refractivity (Wildman–Crippen MR) is 102 cm³/mol. The molecule has 1 aromatic rings. The monoisotopic (exact) mass is 472 g/mol. The Morgan fingerprint density at radius 2 is 1.45 bits per heavy atom. The molecule has 0 aliphatic carbocycles. The minimum Gasteiger partial charge on any atom is -0.745 e. The molecule has 0 radical (unpaired) electrons. The number of unbranched alkanes of at least 4 members (excludes halogenated alkanes) is 6. The molecule has 1 atom stereocenters. The van der Waals surface area contributed by atoms with Crippen molar-refractivity contribution in [1.29, 1.82) is 0 Å². The second-order valence-corrected chi connectivity index (χ2v) is 8.29. The number of Topliss-reactive ketones (excluding diaryl/α,β-unsaturated/α-hetero) is 1. The van der Waals surface area contributed by atoms with Gasteiger partial charge in [0, 0.05) is 12.0 Å². The first-order valence-corrected chi connectivity index (χ1v) is 11.1. The third kappa shape index (κ3) is 13.1. The zero-order chi connectivity index (χ0) is 21.9. The van der Waals surface area contributed by atoms with E-state index in [0.29, 0.717) is 6.42 Å². The van der Waals surface area contributed by atoms with Crippen LogP contribution in [-0.4, -0.2) is 36.1 Å². The van der Waals surface area contributed by atoms with Crippen LogP contribution in [-0.2, 0) is 19.6 Å². The van der Waals surface area contributed by atoms with Gasteiger partial charge in [0.25, 0.3) is 0 Å². The van der Waals surface area contributed by atoms with Crippen LogP contribution in [0.25, 0.3) is 0 Å². The van der Waals surface area contributed by atoms with Crippen LogP contribution in [0.15, 0.2) is 24.3 Å². The van der Waals surface area contributed by atoms with Gasteiger partial charge < -0.3 is 19.2 Å². The summed E-state index contributed by atoms with van der Waals surface area (Å²) in [5, 5.41) is 11.1. The first-order valence-electron chi connectivity index (χ1n) is 9.64. The van der Waals surface area contributed by atoms with Crippen molar-refractivity contribution >= 4 is 27.8 Å². The second-order valence-electron chi connectivity index (χ2n) is 6.77. The Kier molecular flexibility index (Phi) is 18.3. The first-order chi connectivity index (χ1) is 13.7. The van der Waals surface area contributed by atoms with Gasteiger partial charge in [0.15, 0.2) is 5.44 Å². The van der Waals surface area contributed by atoms with Crippen molar-refractivity contribution < 1.29 is 96.3 Å². The third-order valence-electron chi connectivity index (χ3n) is 4.38. The quantitative estimate of drug-likeness (QED) is 0.116. The summed E-state index contributed by atoms with van der Waals surface area (Å²) in [6, 6.07) is 4.87. The van der Waals surface area contributed by atoms with Crippen molar-refractivity contribution in [1.82, 2.24) is 0 Å². The van der Waals surface area contributed by atoms with E-state index in [9.17, 15) is 32.5 Å². The summed E-state index contributed by atoms with van der Waals surface area (Å²) < 4.78 is 38.9. The van der Waals surface area contributed by atoms with Crippen LogP contribution in [0, 0.1) is 0 Å². The minimum atomic E-state index is -5.12. The number of ether oxygens (including phenoxy) is 1. The minimum absolute atomic E-state index is 0. The molecule has 1 aromatic carbocycles. The van der Waals surface area contributed by atoms with Crippen LogP contribution in [0.3, 0.4) is 0 Å². The third-order valence-corrected chi connectivity index (χ3v) is 5.29. The molecule has 31 heavy (non-hydrogen) atoms. The summed E-state index contributed by atoms with van der Waals surface area (Å²) >= 11 is 0. The van der Waals surface area contributed by atoms with Crippen LogP contribution in [0.1, 0.15) is 85.4 Å². The van der Waals surface area contributed by atoms with Crippen molar-refractivity contribution in [3.05, 3.63) is 35.4 Å². The predicted octanol–water partition coefficient (Wildman–Crippen LogP) is -3.81. The Hall–Kier alpha value is -0.260. The average Bonchev–Trinajstić information content (AvgIpc) is 2.65. The van der Waals surface area contributed by atoms with Crippen molar-refractivity contribution in [3.8, 4) is 0 Å². The summed E-state index contributed by atoms with van der Waals surface area (Å²) in [5.74, 6) is -3.49. The Labute approximate surface area is 227 Å². The normalized spacial score (nSPS) is 11.5. The van der Waals surface area contributed by atoms with E-state index in [1.165, 1.54) is 12.1 Å². The van der Waals surface area contributed by atoms with Crippen molar-refractivity contribution in [2.45, 2.75) is 70.1 Å². The van der Waals surface area contributed by atoms with Gasteiger partial charge >= 0.3 is 65.1 Å². The second kappa shape index (κ2) is 17.2. The standard InChI is InChI=1S/C20H28O8S.2Na/c1-2-3-4-5-6-7-8-11-15(21)14-18(29(25,26)27)28-20(24)17-13-10-9-12-16(17)19(22)23;;/h9-10,12-13,18H,2-8,11,14H2,1H3,(H,22,23)(H,25,26,27);;/q;2*+1/p-2. The van der Waals surface area contributed by atoms with Gasteiger partial charge in [-0.25, -0.2) is 13.2 Å². The van der Waals surface area contributed by atoms with Gasteiger partial charge in [0.2, 0.25) is 0 Å². The smallest absolute Gasteiger partial charge is 0.745 e. The summed E-state index contributed by atoms with van der Waals surface area (Å²) in [6.07, 6.45) is 6.13. The van der Waals surface area contributed by atoms with E-state index in [-0.39, 0.29) is 65.5 Å². The molecule has 0 N–H and O–H groups in total. The molecular formula is C20H26Na2O8S. The maximum Gasteiger partial charge on any atom is 1.00 e. The molecule has 0 saturated heterocycles. The molecule has 0 aliphatic heterocycles. The summed E-state index contributed by atoms with van der Waals surface area (Å²) in [6.45, 7) is 2.11. The number of carboxylic acid groups (broad SMARTS) is 1. The number of carboxylic acids is 1. The van der Waals surface area contributed by atoms with Gasteiger partial charge in [-0.05, 0) is 12.5 Å². The van der Waals surface area contributed by atoms with E-state index < -0.39 is 50.8 Å². The van der Waals surface area contributed by atoms with Gasteiger partial charge in [-0.15, -0.1) is 0 Å². The maximum atomic E-state index is 12.2. The molecule has 0 saturated carbocycles. The van der Waals surface area contributed by atoms with Gasteiger partial charge in [0.05, 0.1) is 18.0 Å². The number of carbonyl (C=O) groups is 3. The molecule has 0 aliphatic rings. The largest absolute Gasteiger partial charge is 1.00 e. The van der Waals surface area contributed by atoms with E-state index in [4.69, 9.17) is 0 Å². The van der Waals surface area contributed by atoms with Gasteiger partial charge in [-0.2, -0.15) is 0 Å². The molecule has 0 fully saturated rings. The fourth-order valence-corrected chi connectivity index (χ4v) is 3.39. The Morgan fingerprint density at radius 1 is 0.935 bits per heavy atom. The molecule has 162 valence electrons. The molecule has 0 amide bonds. The van der Waals surface area contributed by atoms with Gasteiger partial charge in [-0.1, -0.05) is 63.6 Å². The Balaban J connectivity index is 0. The molecular weight excluding hydrogens is 446 g/mol. The van der Waals surface area contributed by atoms with Crippen molar-refractivity contribution in [3.63, 3.8) is 0 Å². The Bertz CT molecular complexity index is 811. The van der Waals surface area contributed by atoms with Gasteiger partial charge in [-0.3, -0.25) is 4.79 Å².